The zero-order valence-corrected chi connectivity index (χ0v) is 16.8. The molecule has 0 amide bonds. The number of nitrogens with zero attached hydrogens (tertiary/aromatic N) is 2. The topological polar surface area (TPSA) is 41.9 Å². The Morgan fingerprint density at radius 1 is 1.08 bits per heavy atom. The van der Waals surface area contributed by atoms with E-state index in [1.54, 1.807) is 12.1 Å². The first kappa shape index (κ1) is 18.2. The lowest BCUT2D eigenvalue weighted by atomic mass is 10.2. The predicted octanol–water partition coefficient (Wildman–Crippen LogP) is 5.81. The van der Waals surface area contributed by atoms with E-state index in [0.29, 0.717) is 27.5 Å². The molecule has 0 saturated heterocycles. The Labute approximate surface area is 169 Å². The third-order valence-corrected chi connectivity index (χ3v) is 4.56. The van der Waals surface area contributed by atoms with Gasteiger partial charge in [0.2, 0.25) is 0 Å². The summed E-state index contributed by atoms with van der Waals surface area (Å²) in [4.78, 5) is 0. The Bertz CT molecular complexity index is 896. The van der Waals surface area contributed by atoms with Crippen LogP contribution in [0.2, 0.25) is 10.0 Å². The zero-order chi connectivity index (χ0) is 17.8. The smallest absolute Gasteiger partial charge is 0.176 e. The molecule has 128 valence electrons. The average molecular weight is 456 g/mol. The van der Waals surface area contributed by atoms with Crippen LogP contribution in [0.25, 0.3) is 0 Å². The molecule has 0 saturated carbocycles. The molecule has 0 unspecified atom stereocenters. The maximum atomic E-state index is 5.97. The largest absolute Gasteiger partial charge is 0.332 e. The van der Waals surface area contributed by atoms with Crippen molar-refractivity contribution < 1.29 is 0 Å². The van der Waals surface area contributed by atoms with Crippen molar-refractivity contribution in [3.8, 4) is 0 Å². The highest BCUT2D eigenvalue weighted by molar-refractivity contribution is 9.10. The van der Waals surface area contributed by atoms with Gasteiger partial charge in [-0.25, -0.2) is 0 Å². The van der Waals surface area contributed by atoms with E-state index >= 15 is 0 Å². The average Bonchev–Trinajstić information content (AvgIpc) is 2.89. The number of hydrogen-bond acceptors (Lipinski definition) is 2. The van der Waals surface area contributed by atoms with Gasteiger partial charge in [-0.1, -0.05) is 41.4 Å². The molecule has 2 aromatic carbocycles. The lowest BCUT2D eigenvalue weighted by molar-refractivity contribution is 0.689. The van der Waals surface area contributed by atoms with Gasteiger partial charge in [0.1, 0.15) is 0 Å². The van der Waals surface area contributed by atoms with E-state index in [0.717, 1.165) is 15.7 Å². The lowest BCUT2D eigenvalue weighted by Gasteiger charge is -2.09. The minimum absolute atomic E-state index is 0.430. The summed E-state index contributed by atoms with van der Waals surface area (Å²) in [6.07, 6.45) is 1.89. The standard InChI is InChI=1S/C17H13BrCl2N4S/c18-15-10-24(9-11-4-6-12(19)7-5-11)23-16(15)22-17(25)21-14-3-1-2-13(20)8-14/h1-8,10H,9H2,(H2,21,22,23,25). The molecule has 0 radical (unpaired) electrons. The molecule has 0 atom stereocenters. The van der Waals surface area contributed by atoms with E-state index in [1.807, 2.05) is 47.3 Å². The van der Waals surface area contributed by atoms with Gasteiger partial charge in [-0.05, 0) is 64.0 Å². The molecule has 3 rings (SSSR count). The van der Waals surface area contributed by atoms with Crippen molar-refractivity contribution in [2.24, 2.45) is 0 Å². The summed E-state index contributed by atoms with van der Waals surface area (Å²) in [6, 6.07) is 15.0. The fourth-order valence-corrected chi connectivity index (χ4v) is 3.12. The quantitative estimate of drug-likeness (QED) is 0.487. The molecular weight excluding hydrogens is 443 g/mol. The molecule has 1 aromatic heterocycles. The van der Waals surface area contributed by atoms with E-state index in [9.17, 15) is 0 Å². The predicted molar refractivity (Wildman–Crippen MR) is 112 cm³/mol. The van der Waals surface area contributed by atoms with Crippen LogP contribution < -0.4 is 10.6 Å². The summed E-state index contributed by atoms with van der Waals surface area (Å²) in [5.74, 6) is 0.633. The normalized spacial score (nSPS) is 10.5. The Morgan fingerprint density at radius 3 is 2.56 bits per heavy atom. The van der Waals surface area contributed by atoms with Gasteiger partial charge in [-0.2, -0.15) is 5.10 Å². The summed E-state index contributed by atoms with van der Waals surface area (Å²) >= 11 is 20.7. The van der Waals surface area contributed by atoms with Gasteiger partial charge >= 0.3 is 0 Å². The van der Waals surface area contributed by atoms with Crippen LogP contribution in [0.3, 0.4) is 0 Å². The second-order valence-corrected chi connectivity index (χ2v) is 7.37. The van der Waals surface area contributed by atoms with Gasteiger partial charge in [-0.3, -0.25) is 4.68 Å². The fraction of sp³-hybridized carbons (Fsp3) is 0.0588. The highest BCUT2D eigenvalue weighted by Crippen LogP contribution is 2.22. The maximum absolute atomic E-state index is 5.97. The van der Waals surface area contributed by atoms with Crippen molar-refractivity contribution in [1.29, 1.82) is 0 Å². The molecule has 0 aliphatic carbocycles. The second kappa shape index (κ2) is 8.19. The molecular formula is C17H13BrCl2N4S. The van der Waals surface area contributed by atoms with Crippen LogP contribution in [0.5, 0.6) is 0 Å². The van der Waals surface area contributed by atoms with Crippen LogP contribution in [0.4, 0.5) is 11.5 Å². The summed E-state index contributed by atoms with van der Waals surface area (Å²) in [6.45, 7) is 0.631. The molecule has 8 heteroatoms. The first-order valence-electron chi connectivity index (χ1n) is 7.30. The monoisotopic (exact) mass is 454 g/mol. The number of thiocarbonyl (C=S) groups is 1. The van der Waals surface area contributed by atoms with Crippen LogP contribution in [0.15, 0.2) is 59.2 Å². The maximum Gasteiger partial charge on any atom is 0.176 e. The fourth-order valence-electron chi connectivity index (χ4n) is 2.18. The zero-order valence-electron chi connectivity index (χ0n) is 12.8. The van der Waals surface area contributed by atoms with Crippen LogP contribution in [-0.4, -0.2) is 14.9 Å². The number of aromatic nitrogens is 2. The third-order valence-electron chi connectivity index (χ3n) is 3.29. The van der Waals surface area contributed by atoms with Gasteiger partial charge in [0.25, 0.3) is 0 Å². The third kappa shape index (κ3) is 5.19. The van der Waals surface area contributed by atoms with Crippen LogP contribution in [0, 0.1) is 0 Å². The molecule has 2 N–H and O–H groups in total. The minimum Gasteiger partial charge on any atom is -0.332 e. The number of rotatable bonds is 4. The van der Waals surface area contributed by atoms with Crippen molar-refractivity contribution in [3.05, 3.63) is 74.8 Å². The Morgan fingerprint density at radius 2 is 1.84 bits per heavy atom. The van der Waals surface area contributed by atoms with Gasteiger partial charge in [-0.15, -0.1) is 0 Å². The van der Waals surface area contributed by atoms with Crippen LogP contribution in [0.1, 0.15) is 5.56 Å². The molecule has 0 spiro atoms. The van der Waals surface area contributed by atoms with Crippen LogP contribution in [-0.2, 0) is 6.54 Å². The molecule has 0 bridgehead atoms. The summed E-state index contributed by atoms with van der Waals surface area (Å²) in [7, 11) is 0. The Hall–Kier alpha value is -1.60. The van der Waals surface area contributed by atoms with Crippen molar-refractivity contribution in [3.63, 3.8) is 0 Å². The first-order valence-corrected chi connectivity index (χ1v) is 9.26. The number of hydrogen-bond donors (Lipinski definition) is 2. The summed E-state index contributed by atoms with van der Waals surface area (Å²) in [5.41, 5.74) is 1.91. The number of halogens is 3. The van der Waals surface area contributed by atoms with Crippen molar-refractivity contribution in [2.75, 3.05) is 10.6 Å². The molecule has 3 aromatic rings. The molecule has 0 aliphatic heterocycles. The van der Waals surface area contributed by atoms with Gasteiger partial charge in [0.15, 0.2) is 10.9 Å². The highest BCUT2D eigenvalue weighted by Gasteiger charge is 2.09. The molecule has 0 aliphatic rings. The minimum atomic E-state index is 0.430. The van der Waals surface area contributed by atoms with Crippen molar-refractivity contribution >= 4 is 68.0 Å². The summed E-state index contributed by atoms with van der Waals surface area (Å²) in [5, 5.41) is 12.4. The second-order valence-electron chi connectivity index (χ2n) is 5.24. The summed E-state index contributed by atoms with van der Waals surface area (Å²) < 4.78 is 2.63. The molecule has 1 heterocycles. The number of benzene rings is 2. The Kier molecular flexibility index (Phi) is 5.96. The van der Waals surface area contributed by atoms with Crippen molar-refractivity contribution in [1.82, 2.24) is 9.78 Å². The molecule has 25 heavy (non-hydrogen) atoms. The highest BCUT2D eigenvalue weighted by atomic mass is 79.9. The van der Waals surface area contributed by atoms with E-state index in [-0.39, 0.29) is 0 Å². The van der Waals surface area contributed by atoms with E-state index in [1.165, 1.54) is 0 Å². The van der Waals surface area contributed by atoms with Gasteiger partial charge in [0, 0.05) is 21.9 Å². The van der Waals surface area contributed by atoms with E-state index < -0.39 is 0 Å². The lowest BCUT2D eigenvalue weighted by Crippen LogP contribution is -2.19. The SMILES string of the molecule is S=C(Nc1cccc(Cl)c1)Nc1nn(Cc2ccc(Cl)cc2)cc1Br. The van der Waals surface area contributed by atoms with Gasteiger partial charge in [0.05, 0.1) is 11.0 Å². The van der Waals surface area contributed by atoms with E-state index in [2.05, 4.69) is 31.7 Å². The Balaban J connectivity index is 1.65. The number of nitrogens with one attached hydrogen (secondary N) is 2. The first-order chi connectivity index (χ1) is 12.0. The molecule has 4 nitrogen and oxygen atoms in total. The van der Waals surface area contributed by atoms with Crippen LogP contribution >= 0.6 is 51.3 Å². The molecule has 0 fully saturated rings. The van der Waals surface area contributed by atoms with Crippen molar-refractivity contribution in [2.45, 2.75) is 6.54 Å². The van der Waals surface area contributed by atoms with Gasteiger partial charge < -0.3 is 10.6 Å². The number of anilines is 2. The van der Waals surface area contributed by atoms with E-state index in [4.69, 9.17) is 35.4 Å².